The lowest BCUT2D eigenvalue weighted by Gasteiger charge is -2.14. The van der Waals surface area contributed by atoms with Gasteiger partial charge in [0.15, 0.2) is 0 Å². The van der Waals surface area contributed by atoms with Crippen molar-refractivity contribution in [3.05, 3.63) is 101 Å². The van der Waals surface area contributed by atoms with Crippen LogP contribution >= 0.6 is 0 Å². The summed E-state index contributed by atoms with van der Waals surface area (Å²) in [5.41, 5.74) is 13.6. The number of hydrogen-bond donors (Lipinski definition) is 0. The van der Waals surface area contributed by atoms with Gasteiger partial charge in [0, 0.05) is 27.9 Å². The average molecular weight is 361 g/mol. The molecule has 28 heavy (non-hydrogen) atoms. The highest BCUT2D eigenvalue weighted by atomic mass is 15.0. The van der Waals surface area contributed by atoms with E-state index < -0.39 is 0 Å². The molecule has 1 aromatic heterocycles. The van der Waals surface area contributed by atoms with Crippen LogP contribution in [0.25, 0.3) is 33.8 Å². The topological polar surface area (TPSA) is 4.93 Å². The first-order valence-corrected chi connectivity index (χ1v) is 9.97. The molecule has 1 heterocycles. The zero-order valence-corrected chi connectivity index (χ0v) is 16.4. The molecule has 0 unspecified atom stereocenters. The second-order valence-corrected chi connectivity index (χ2v) is 7.47. The molecule has 0 aliphatic heterocycles. The molecule has 5 rings (SSSR count). The Morgan fingerprint density at radius 1 is 1.07 bits per heavy atom. The molecule has 0 saturated heterocycles. The molecular formula is C27H23N. The second kappa shape index (κ2) is 6.71. The summed E-state index contributed by atoms with van der Waals surface area (Å²) in [5, 5.41) is 1.35. The Kier molecular flexibility index (Phi) is 4.04. The van der Waals surface area contributed by atoms with Crippen LogP contribution in [0.2, 0.25) is 0 Å². The van der Waals surface area contributed by atoms with Crippen LogP contribution in [0.1, 0.15) is 42.7 Å². The van der Waals surface area contributed by atoms with Crippen molar-refractivity contribution in [2.75, 3.05) is 0 Å². The third-order valence-electron chi connectivity index (χ3n) is 5.86. The van der Waals surface area contributed by atoms with Crippen molar-refractivity contribution in [3.63, 3.8) is 0 Å². The first-order chi connectivity index (χ1) is 13.8. The predicted molar refractivity (Wildman–Crippen MR) is 121 cm³/mol. The molecule has 0 radical (unpaired) electrons. The standard InChI is InChI=1S/C27H23N/c1-3-19(2)22-14-17-27-25(18-22)24-10-6-7-11-26(24)28(27)23-15-12-21(13-16-23)20-8-4-5-9-20/h3-6,8,10,12-18H,7,11H2,1-2H3/b19-3+. The molecule has 0 fully saturated rings. The molecule has 0 bridgehead atoms. The lowest BCUT2D eigenvalue weighted by Crippen LogP contribution is -2.03. The van der Waals surface area contributed by atoms with Crippen molar-refractivity contribution in [2.24, 2.45) is 0 Å². The Balaban J connectivity index is 1.70. The Hall–Kier alpha value is -3.28. The summed E-state index contributed by atoms with van der Waals surface area (Å²) in [6, 6.07) is 15.8. The number of allylic oxidation sites excluding steroid dienone is 6. The largest absolute Gasteiger partial charge is 0.313 e. The van der Waals surface area contributed by atoms with Crippen LogP contribution in [0, 0.1) is 0 Å². The Bertz CT molecular complexity index is 1230. The number of aromatic nitrogens is 1. The predicted octanol–water partition coefficient (Wildman–Crippen LogP) is 7.12. The van der Waals surface area contributed by atoms with E-state index in [1.54, 1.807) is 0 Å². The molecule has 2 aliphatic carbocycles. The minimum Gasteiger partial charge on any atom is -0.313 e. The molecule has 0 N–H and O–H groups in total. The lowest BCUT2D eigenvalue weighted by molar-refractivity contribution is 0.888. The summed E-state index contributed by atoms with van der Waals surface area (Å²) in [6.45, 7) is 4.28. The van der Waals surface area contributed by atoms with Gasteiger partial charge < -0.3 is 4.57 Å². The summed E-state index contributed by atoms with van der Waals surface area (Å²) < 4.78 is 2.45. The highest BCUT2D eigenvalue weighted by molar-refractivity contribution is 5.95. The van der Waals surface area contributed by atoms with Gasteiger partial charge in [-0.1, -0.05) is 42.5 Å². The number of hydrogen-bond acceptors (Lipinski definition) is 0. The van der Waals surface area contributed by atoms with Crippen LogP contribution in [-0.2, 0) is 6.42 Å². The zero-order chi connectivity index (χ0) is 19.1. The number of benzene rings is 2. The first-order valence-electron chi connectivity index (χ1n) is 9.97. The molecule has 2 aliphatic rings. The molecule has 0 spiro atoms. The number of rotatable bonds is 3. The summed E-state index contributed by atoms with van der Waals surface area (Å²) in [6.07, 6.45) is 15.1. The van der Waals surface area contributed by atoms with Gasteiger partial charge in [-0.05, 0) is 79.8 Å². The van der Waals surface area contributed by atoms with E-state index in [9.17, 15) is 0 Å². The van der Waals surface area contributed by atoms with Crippen LogP contribution in [0.5, 0.6) is 0 Å². The Morgan fingerprint density at radius 3 is 2.68 bits per heavy atom. The lowest BCUT2D eigenvalue weighted by atomic mass is 9.99. The van der Waals surface area contributed by atoms with Gasteiger partial charge in [0.1, 0.15) is 0 Å². The van der Waals surface area contributed by atoms with Gasteiger partial charge in [-0.25, -0.2) is 0 Å². The highest BCUT2D eigenvalue weighted by Gasteiger charge is 2.19. The average Bonchev–Trinajstić information content (AvgIpc) is 3.39. The maximum atomic E-state index is 3.29. The zero-order valence-electron chi connectivity index (χ0n) is 16.4. The van der Waals surface area contributed by atoms with Crippen molar-refractivity contribution in [1.29, 1.82) is 0 Å². The third-order valence-corrected chi connectivity index (χ3v) is 5.86. The molecule has 1 heteroatoms. The molecule has 0 amide bonds. The van der Waals surface area contributed by atoms with Gasteiger partial charge in [-0.15, -0.1) is 5.73 Å². The molecule has 136 valence electrons. The minimum absolute atomic E-state index is 1.08. The summed E-state index contributed by atoms with van der Waals surface area (Å²) in [4.78, 5) is 0. The molecule has 0 saturated carbocycles. The van der Waals surface area contributed by atoms with E-state index >= 15 is 0 Å². The van der Waals surface area contributed by atoms with Crippen molar-refractivity contribution < 1.29 is 0 Å². The quantitative estimate of drug-likeness (QED) is 0.438. The summed E-state index contributed by atoms with van der Waals surface area (Å²) in [5.74, 6) is 0. The SMILES string of the molecule is C/C=C(\C)c1ccc2c(c1)c1c(n2-c2ccc(C3=C=CC=C3)cc2)CCC=C1. The van der Waals surface area contributed by atoms with E-state index in [0.29, 0.717) is 0 Å². The Morgan fingerprint density at radius 2 is 1.93 bits per heavy atom. The minimum atomic E-state index is 1.08. The van der Waals surface area contributed by atoms with Gasteiger partial charge in [0.05, 0.1) is 5.52 Å². The maximum absolute atomic E-state index is 3.29. The van der Waals surface area contributed by atoms with E-state index in [-0.39, 0.29) is 0 Å². The Labute approximate surface area is 166 Å². The van der Waals surface area contributed by atoms with E-state index in [4.69, 9.17) is 0 Å². The molecule has 2 aromatic carbocycles. The number of fused-ring (bicyclic) bond motifs is 3. The van der Waals surface area contributed by atoms with Crippen molar-refractivity contribution in [2.45, 2.75) is 26.7 Å². The van der Waals surface area contributed by atoms with Gasteiger partial charge in [0.2, 0.25) is 0 Å². The van der Waals surface area contributed by atoms with Crippen LogP contribution in [0.4, 0.5) is 0 Å². The number of nitrogens with zero attached hydrogens (tertiary/aromatic N) is 1. The van der Waals surface area contributed by atoms with Crippen molar-refractivity contribution in [3.8, 4) is 5.69 Å². The highest BCUT2D eigenvalue weighted by Crippen LogP contribution is 2.35. The van der Waals surface area contributed by atoms with Gasteiger partial charge >= 0.3 is 0 Å². The van der Waals surface area contributed by atoms with E-state index in [0.717, 1.165) is 18.4 Å². The normalized spacial score (nSPS) is 15.4. The van der Waals surface area contributed by atoms with Crippen LogP contribution in [0.3, 0.4) is 0 Å². The summed E-state index contributed by atoms with van der Waals surface area (Å²) >= 11 is 0. The van der Waals surface area contributed by atoms with Gasteiger partial charge in [-0.2, -0.15) is 0 Å². The fourth-order valence-electron chi connectivity index (χ4n) is 4.23. The molecular weight excluding hydrogens is 338 g/mol. The van der Waals surface area contributed by atoms with E-state index in [1.807, 2.05) is 12.2 Å². The monoisotopic (exact) mass is 361 g/mol. The van der Waals surface area contributed by atoms with Crippen LogP contribution < -0.4 is 0 Å². The molecule has 1 nitrogen and oxygen atoms in total. The summed E-state index contributed by atoms with van der Waals surface area (Å²) in [7, 11) is 0. The second-order valence-electron chi connectivity index (χ2n) is 7.47. The van der Waals surface area contributed by atoms with Gasteiger partial charge in [0.25, 0.3) is 0 Å². The van der Waals surface area contributed by atoms with E-state index in [2.05, 4.69) is 90.9 Å². The third kappa shape index (κ3) is 2.64. The molecule has 0 atom stereocenters. The van der Waals surface area contributed by atoms with Crippen LogP contribution in [0.15, 0.2) is 78.6 Å². The van der Waals surface area contributed by atoms with E-state index in [1.165, 1.54) is 44.5 Å². The van der Waals surface area contributed by atoms with Crippen LogP contribution in [-0.4, -0.2) is 4.57 Å². The fraction of sp³-hybridized carbons (Fsp3) is 0.148. The van der Waals surface area contributed by atoms with Crippen molar-refractivity contribution in [1.82, 2.24) is 4.57 Å². The fourth-order valence-corrected chi connectivity index (χ4v) is 4.23. The van der Waals surface area contributed by atoms with Crippen molar-refractivity contribution >= 4 is 28.1 Å². The molecule has 3 aromatic rings. The maximum Gasteiger partial charge on any atom is 0.0538 e. The first kappa shape index (κ1) is 16.9. The van der Waals surface area contributed by atoms with Gasteiger partial charge in [-0.3, -0.25) is 0 Å². The smallest absolute Gasteiger partial charge is 0.0538 e.